The highest BCUT2D eigenvalue weighted by atomic mass is 16.2. The fraction of sp³-hybridized carbons (Fsp3) is 0.909. The Bertz CT molecular complexity index is 223. The zero-order valence-corrected chi connectivity index (χ0v) is 9.12. The molecule has 0 spiro atoms. The molecule has 0 aromatic heterocycles. The van der Waals surface area contributed by atoms with Crippen LogP contribution in [0.4, 0.5) is 0 Å². The van der Waals surface area contributed by atoms with Gasteiger partial charge in [-0.1, -0.05) is 6.92 Å². The van der Waals surface area contributed by atoms with Gasteiger partial charge < -0.3 is 10.2 Å². The van der Waals surface area contributed by atoms with E-state index in [0.717, 1.165) is 32.4 Å². The lowest BCUT2D eigenvalue weighted by molar-refractivity contribution is -0.134. The molecule has 2 unspecified atom stereocenters. The molecule has 3 nitrogen and oxygen atoms in total. The first kappa shape index (κ1) is 9.97. The lowest BCUT2D eigenvalue weighted by Crippen LogP contribution is -2.44. The molecule has 14 heavy (non-hydrogen) atoms. The van der Waals surface area contributed by atoms with Crippen LogP contribution in [0.5, 0.6) is 0 Å². The number of piperidine rings is 1. The third-order valence-corrected chi connectivity index (χ3v) is 3.63. The smallest absolute Gasteiger partial charge is 0.225 e. The van der Waals surface area contributed by atoms with Crippen molar-refractivity contribution in [2.45, 2.75) is 32.2 Å². The summed E-state index contributed by atoms with van der Waals surface area (Å²) in [5, 5.41) is 3.32. The summed E-state index contributed by atoms with van der Waals surface area (Å²) in [7, 11) is 1.98. The van der Waals surface area contributed by atoms with Gasteiger partial charge in [-0.05, 0) is 38.3 Å². The second-order valence-corrected chi connectivity index (χ2v) is 4.75. The van der Waals surface area contributed by atoms with Gasteiger partial charge in [0.2, 0.25) is 5.91 Å². The minimum Gasteiger partial charge on any atom is -0.342 e. The number of hydrogen-bond donors (Lipinski definition) is 1. The second kappa shape index (κ2) is 3.89. The average molecular weight is 196 g/mol. The largest absolute Gasteiger partial charge is 0.342 e. The molecule has 1 aliphatic heterocycles. The van der Waals surface area contributed by atoms with Crippen molar-refractivity contribution in [3.05, 3.63) is 0 Å². The summed E-state index contributed by atoms with van der Waals surface area (Å²) >= 11 is 0. The van der Waals surface area contributed by atoms with Gasteiger partial charge in [0.15, 0.2) is 0 Å². The number of amides is 1. The topological polar surface area (TPSA) is 32.3 Å². The summed E-state index contributed by atoms with van der Waals surface area (Å²) in [6, 6.07) is 0.483. The Kier molecular flexibility index (Phi) is 2.77. The lowest BCUT2D eigenvalue weighted by atomic mass is 10.0. The molecule has 2 rings (SSSR count). The number of nitrogens with one attached hydrogen (secondary N) is 1. The molecule has 2 aliphatic rings. The molecule has 1 saturated carbocycles. The van der Waals surface area contributed by atoms with Gasteiger partial charge in [-0.2, -0.15) is 0 Å². The van der Waals surface area contributed by atoms with Crippen LogP contribution in [0, 0.1) is 11.8 Å². The van der Waals surface area contributed by atoms with Crippen molar-refractivity contribution in [2.75, 3.05) is 20.1 Å². The standard InChI is InChI=1S/C11H20N2O/c1-8-7-10(8)11(14)13(2)9-3-5-12-6-4-9/h8-10,12H,3-7H2,1-2H3. The fourth-order valence-corrected chi connectivity index (χ4v) is 2.30. The zero-order valence-electron chi connectivity index (χ0n) is 9.12. The Morgan fingerprint density at radius 2 is 1.93 bits per heavy atom. The summed E-state index contributed by atoms with van der Waals surface area (Å²) in [4.78, 5) is 13.9. The van der Waals surface area contributed by atoms with Crippen molar-refractivity contribution in [3.63, 3.8) is 0 Å². The summed E-state index contributed by atoms with van der Waals surface area (Å²) < 4.78 is 0. The Labute approximate surface area is 85.8 Å². The number of carbonyl (C=O) groups is 1. The first-order valence-corrected chi connectivity index (χ1v) is 5.67. The maximum atomic E-state index is 11.9. The van der Waals surface area contributed by atoms with Crippen LogP contribution in [-0.4, -0.2) is 37.0 Å². The van der Waals surface area contributed by atoms with Crippen molar-refractivity contribution in [1.82, 2.24) is 10.2 Å². The van der Waals surface area contributed by atoms with Gasteiger partial charge in [0.25, 0.3) is 0 Å². The number of carbonyl (C=O) groups excluding carboxylic acids is 1. The molecule has 1 aliphatic carbocycles. The van der Waals surface area contributed by atoms with Crippen LogP contribution in [0.2, 0.25) is 0 Å². The van der Waals surface area contributed by atoms with E-state index >= 15 is 0 Å². The minimum absolute atomic E-state index is 0.342. The molecule has 0 bridgehead atoms. The van der Waals surface area contributed by atoms with Gasteiger partial charge in [0.1, 0.15) is 0 Å². The lowest BCUT2D eigenvalue weighted by Gasteiger charge is -2.31. The van der Waals surface area contributed by atoms with Crippen molar-refractivity contribution < 1.29 is 4.79 Å². The van der Waals surface area contributed by atoms with Crippen molar-refractivity contribution in [1.29, 1.82) is 0 Å². The maximum Gasteiger partial charge on any atom is 0.225 e. The molecule has 2 fully saturated rings. The normalized spacial score (nSPS) is 32.7. The summed E-state index contributed by atoms with van der Waals surface area (Å²) in [6.45, 7) is 4.28. The van der Waals surface area contributed by atoms with Crippen LogP contribution in [0.25, 0.3) is 0 Å². The Hall–Kier alpha value is -0.570. The third kappa shape index (κ3) is 1.92. The van der Waals surface area contributed by atoms with Crippen LogP contribution in [0.1, 0.15) is 26.2 Å². The molecule has 0 aromatic rings. The molecule has 1 N–H and O–H groups in total. The summed E-state index contributed by atoms with van der Waals surface area (Å²) in [5.74, 6) is 1.35. The molecule has 1 amide bonds. The molecule has 1 heterocycles. The van der Waals surface area contributed by atoms with E-state index in [1.165, 1.54) is 0 Å². The molecule has 80 valence electrons. The van der Waals surface area contributed by atoms with E-state index in [0.29, 0.717) is 23.8 Å². The molecule has 3 heteroatoms. The first-order chi connectivity index (χ1) is 6.70. The molecule has 0 aromatic carbocycles. The number of rotatable bonds is 2. The third-order valence-electron chi connectivity index (χ3n) is 3.63. The van der Waals surface area contributed by atoms with Gasteiger partial charge in [-0.15, -0.1) is 0 Å². The minimum atomic E-state index is 0.342. The highest BCUT2D eigenvalue weighted by molar-refractivity contribution is 5.81. The maximum absolute atomic E-state index is 11.9. The first-order valence-electron chi connectivity index (χ1n) is 5.67. The van der Waals surface area contributed by atoms with Crippen molar-refractivity contribution in [2.24, 2.45) is 11.8 Å². The van der Waals surface area contributed by atoms with E-state index in [1.807, 2.05) is 11.9 Å². The monoisotopic (exact) mass is 196 g/mol. The number of hydrogen-bond acceptors (Lipinski definition) is 2. The fourth-order valence-electron chi connectivity index (χ4n) is 2.30. The van der Waals surface area contributed by atoms with Crippen molar-refractivity contribution in [3.8, 4) is 0 Å². The summed E-state index contributed by atoms with van der Waals surface area (Å²) in [6.07, 6.45) is 3.33. The Balaban J connectivity index is 1.86. The van der Waals surface area contributed by atoms with Gasteiger partial charge in [-0.3, -0.25) is 4.79 Å². The highest BCUT2D eigenvalue weighted by Crippen LogP contribution is 2.39. The SMILES string of the molecule is CC1CC1C(=O)N(C)C1CCNCC1. The Morgan fingerprint density at radius 3 is 2.43 bits per heavy atom. The van der Waals surface area contributed by atoms with E-state index in [1.54, 1.807) is 0 Å². The van der Waals surface area contributed by atoms with Crippen molar-refractivity contribution >= 4 is 5.91 Å². The summed E-state index contributed by atoms with van der Waals surface area (Å²) in [5.41, 5.74) is 0. The quantitative estimate of drug-likeness (QED) is 0.710. The average Bonchev–Trinajstić information content (AvgIpc) is 2.95. The van der Waals surface area contributed by atoms with Crippen LogP contribution in [-0.2, 0) is 4.79 Å². The Morgan fingerprint density at radius 1 is 1.36 bits per heavy atom. The molecule has 0 radical (unpaired) electrons. The van der Waals surface area contributed by atoms with Crippen LogP contribution < -0.4 is 5.32 Å². The van der Waals surface area contributed by atoms with Gasteiger partial charge in [0, 0.05) is 19.0 Å². The molecule has 2 atom stereocenters. The van der Waals surface area contributed by atoms with Crippen LogP contribution in [0.15, 0.2) is 0 Å². The second-order valence-electron chi connectivity index (χ2n) is 4.75. The van der Waals surface area contributed by atoms with E-state index < -0.39 is 0 Å². The predicted molar refractivity (Wildman–Crippen MR) is 55.9 cm³/mol. The van der Waals surface area contributed by atoms with E-state index in [9.17, 15) is 4.79 Å². The van der Waals surface area contributed by atoms with E-state index in [2.05, 4.69) is 12.2 Å². The van der Waals surface area contributed by atoms with Crippen LogP contribution >= 0.6 is 0 Å². The van der Waals surface area contributed by atoms with E-state index in [-0.39, 0.29) is 0 Å². The highest BCUT2D eigenvalue weighted by Gasteiger charge is 2.41. The molecular weight excluding hydrogens is 176 g/mol. The van der Waals surface area contributed by atoms with Crippen LogP contribution in [0.3, 0.4) is 0 Å². The zero-order chi connectivity index (χ0) is 10.1. The molecular formula is C11H20N2O. The predicted octanol–water partition coefficient (Wildman–Crippen LogP) is 0.853. The van der Waals surface area contributed by atoms with Gasteiger partial charge in [0.05, 0.1) is 0 Å². The van der Waals surface area contributed by atoms with Gasteiger partial charge >= 0.3 is 0 Å². The van der Waals surface area contributed by atoms with E-state index in [4.69, 9.17) is 0 Å². The molecule has 1 saturated heterocycles. The number of nitrogens with zero attached hydrogens (tertiary/aromatic N) is 1. The van der Waals surface area contributed by atoms with Gasteiger partial charge in [-0.25, -0.2) is 0 Å².